The molecule has 0 saturated heterocycles. The molecular weight excluding hydrogens is 228 g/mol. The standard InChI is InChI=1S/C19H22/c1-14-10-12-19(13-11-14)17(4)15(2)16(3)18-8-6-5-7-9-18/h6,8-13H,3,5,7H2,1-2,4H3/b17-15+. The molecule has 0 bridgehead atoms. The van der Waals surface area contributed by atoms with Gasteiger partial charge in [-0.25, -0.2) is 0 Å². The Bertz CT molecular complexity index is 563. The third-order valence-corrected chi connectivity index (χ3v) is 3.84. The first-order chi connectivity index (χ1) is 9.09. The molecule has 0 radical (unpaired) electrons. The quantitative estimate of drug-likeness (QED) is 0.611. The third kappa shape index (κ3) is 3.14. The van der Waals surface area contributed by atoms with Crippen LogP contribution in [0.1, 0.15) is 37.8 Å². The normalized spacial score (nSPS) is 15.8. The smallest absolute Gasteiger partial charge is 0.0224 e. The molecule has 0 N–H and O–H groups in total. The highest BCUT2D eigenvalue weighted by atomic mass is 14.1. The van der Waals surface area contributed by atoms with Crippen LogP contribution < -0.4 is 0 Å². The maximum atomic E-state index is 4.27. The molecule has 0 atom stereocenters. The fourth-order valence-corrected chi connectivity index (χ4v) is 2.30. The third-order valence-electron chi connectivity index (χ3n) is 3.84. The molecule has 0 fully saturated rings. The lowest BCUT2D eigenvalue weighted by atomic mass is 9.91. The van der Waals surface area contributed by atoms with E-state index >= 15 is 0 Å². The summed E-state index contributed by atoms with van der Waals surface area (Å²) >= 11 is 0. The SMILES string of the molecule is C=C(C1=CCCC=C1)/C(C)=C(\C)c1ccc(C)cc1. The summed E-state index contributed by atoms with van der Waals surface area (Å²) in [4.78, 5) is 0. The van der Waals surface area contributed by atoms with E-state index in [1.165, 1.54) is 27.8 Å². The van der Waals surface area contributed by atoms with Crippen LogP contribution >= 0.6 is 0 Å². The predicted molar refractivity (Wildman–Crippen MR) is 85.0 cm³/mol. The molecule has 0 heteroatoms. The molecule has 0 aliphatic heterocycles. The molecular formula is C19H22. The number of aryl methyl sites for hydroxylation is 1. The van der Waals surface area contributed by atoms with Crippen molar-refractivity contribution in [2.75, 3.05) is 0 Å². The van der Waals surface area contributed by atoms with Crippen LogP contribution in [0.15, 0.2) is 65.8 Å². The van der Waals surface area contributed by atoms with Gasteiger partial charge in [-0.3, -0.25) is 0 Å². The lowest BCUT2D eigenvalue weighted by Crippen LogP contribution is -1.94. The van der Waals surface area contributed by atoms with E-state index in [4.69, 9.17) is 0 Å². The first-order valence-electron chi connectivity index (χ1n) is 6.90. The van der Waals surface area contributed by atoms with Crippen molar-refractivity contribution in [2.45, 2.75) is 33.6 Å². The summed E-state index contributed by atoms with van der Waals surface area (Å²) in [7, 11) is 0. The minimum absolute atomic E-state index is 1.13. The summed E-state index contributed by atoms with van der Waals surface area (Å²) in [5.41, 5.74) is 7.59. The van der Waals surface area contributed by atoms with Gasteiger partial charge in [0, 0.05) is 0 Å². The second-order valence-corrected chi connectivity index (χ2v) is 5.23. The predicted octanol–water partition coefficient (Wildman–Crippen LogP) is 5.62. The average molecular weight is 250 g/mol. The summed E-state index contributed by atoms with van der Waals surface area (Å²) in [6.45, 7) is 10.7. The zero-order chi connectivity index (χ0) is 13.8. The van der Waals surface area contributed by atoms with Crippen LogP contribution in [0.3, 0.4) is 0 Å². The summed E-state index contributed by atoms with van der Waals surface area (Å²) < 4.78 is 0. The molecule has 0 spiro atoms. The molecule has 19 heavy (non-hydrogen) atoms. The molecule has 0 nitrogen and oxygen atoms in total. The number of benzene rings is 1. The van der Waals surface area contributed by atoms with Gasteiger partial charge < -0.3 is 0 Å². The Labute approximate surface area is 116 Å². The van der Waals surface area contributed by atoms with E-state index in [1.807, 2.05) is 0 Å². The van der Waals surface area contributed by atoms with Gasteiger partial charge in [-0.2, -0.15) is 0 Å². The van der Waals surface area contributed by atoms with E-state index in [0.29, 0.717) is 0 Å². The zero-order valence-corrected chi connectivity index (χ0v) is 12.2. The van der Waals surface area contributed by atoms with Crippen molar-refractivity contribution in [1.82, 2.24) is 0 Å². The Morgan fingerprint density at radius 2 is 1.74 bits per heavy atom. The van der Waals surface area contributed by atoms with E-state index < -0.39 is 0 Å². The van der Waals surface area contributed by atoms with Crippen LogP contribution in [0.2, 0.25) is 0 Å². The van der Waals surface area contributed by atoms with E-state index in [2.05, 4.69) is 69.8 Å². The van der Waals surface area contributed by atoms with Crippen LogP contribution in [0.4, 0.5) is 0 Å². The molecule has 0 saturated carbocycles. The molecule has 1 aliphatic rings. The van der Waals surface area contributed by atoms with E-state index in [1.54, 1.807) is 0 Å². The van der Waals surface area contributed by atoms with Crippen molar-refractivity contribution >= 4 is 5.57 Å². The molecule has 2 rings (SSSR count). The Kier molecular flexibility index (Phi) is 4.21. The zero-order valence-electron chi connectivity index (χ0n) is 12.2. The largest absolute Gasteiger partial charge is 0.0909 e. The van der Waals surface area contributed by atoms with Crippen LogP contribution in [-0.4, -0.2) is 0 Å². The van der Waals surface area contributed by atoms with E-state index in [-0.39, 0.29) is 0 Å². The van der Waals surface area contributed by atoms with E-state index in [9.17, 15) is 0 Å². The molecule has 1 aliphatic carbocycles. The maximum Gasteiger partial charge on any atom is -0.0224 e. The molecule has 0 unspecified atom stereocenters. The van der Waals surface area contributed by atoms with Gasteiger partial charge in [-0.05, 0) is 61.5 Å². The summed E-state index contributed by atoms with van der Waals surface area (Å²) in [5.74, 6) is 0. The van der Waals surface area contributed by atoms with Crippen LogP contribution in [0.25, 0.3) is 5.57 Å². The average Bonchev–Trinajstić information content (AvgIpc) is 2.46. The monoisotopic (exact) mass is 250 g/mol. The first-order valence-corrected chi connectivity index (χ1v) is 6.90. The fraction of sp³-hybridized carbons (Fsp3) is 0.263. The minimum atomic E-state index is 1.13. The fourth-order valence-electron chi connectivity index (χ4n) is 2.30. The summed E-state index contributed by atoms with van der Waals surface area (Å²) in [6, 6.07) is 8.70. The van der Waals surface area contributed by atoms with Gasteiger partial charge in [0.2, 0.25) is 0 Å². The van der Waals surface area contributed by atoms with Crippen LogP contribution in [0, 0.1) is 6.92 Å². The van der Waals surface area contributed by atoms with Crippen molar-refractivity contribution in [1.29, 1.82) is 0 Å². The van der Waals surface area contributed by atoms with Crippen LogP contribution in [-0.2, 0) is 0 Å². The summed E-state index contributed by atoms with van der Waals surface area (Å²) in [6.07, 6.45) is 8.99. The Morgan fingerprint density at radius 1 is 1.05 bits per heavy atom. The number of hydrogen-bond acceptors (Lipinski definition) is 0. The summed E-state index contributed by atoms with van der Waals surface area (Å²) in [5, 5.41) is 0. The molecule has 1 aromatic carbocycles. The topological polar surface area (TPSA) is 0 Å². The van der Waals surface area contributed by atoms with Crippen molar-refractivity contribution in [3.8, 4) is 0 Å². The second-order valence-electron chi connectivity index (χ2n) is 5.23. The number of rotatable bonds is 3. The van der Waals surface area contributed by atoms with Gasteiger partial charge in [0.25, 0.3) is 0 Å². The van der Waals surface area contributed by atoms with Gasteiger partial charge in [0.05, 0.1) is 0 Å². The van der Waals surface area contributed by atoms with Gasteiger partial charge >= 0.3 is 0 Å². The van der Waals surface area contributed by atoms with Crippen molar-refractivity contribution in [3.63, 3.8) is 0 Å². The van der Waals surface area contributed by atoms with Crippen LogP contribution in [0.5, 0.6) is 0 Å². The second kappa shape index (κ2) is 5.88. The highest BCUT2D eigenvalue weighted by Gasteiger charge is 2.08. The highest BCUT2D eigenvalue weighted by molar-refractivity contribution is 5.73. The van der Waals surface area contributed by atoms with Gasteiger partial charge in [-0.1, -0.05) is 54.6 Å². The lowest BCUT2D eigenvalue weighted by Gasteiger charge is -2.14. The highest BCUT2D eigenvalue weighted by Crippen LogP contribution is 2.28. The Hall–Kier alpha value is -1.82. The number of allylic oxidation sites excluding steroid dienone is 7. The molecule has 0 amide bonds. The van der Waals surface area contributed by atoms with E-state index in [0.717, 1.165) is 18.4 Å². The number of hydrogen-bond donors (Lipinski definition) is 0. The minimum Gasteiger partial charge on any atom is -0.0909 e. The Morgan fingerprint density at radius 3 is 2.32 bits per heavy atom. The first kappa shape index (κ1) is 13.6. The van der Waals surface area contributed by atoms with Crippen molar-refractivity contribution < 1.29 is 0 Å². The molecule has 98 valence electrons. The van der Waals surface area contributed by atoms with Gasteiger partial charge in [-0.15, -0.1) is 0 Å². The van der Waals surface area contributed by atoms with Crippen molar-refractivity contribution in [3.05, 3.63) is 76.9 Å². The molecule has 0 heterocycles. The Balaban J connectivity index is 2.30. The molecule has 0 aromatic heterocycles. The van der Waals surface area contributed by atoms with Gasteiger partial charge in [0.15, 0.2) is 0 Å². The van der Waals surface area contributed by atoms with Gasteiger partial charge in [0.1, 0.15) is 0 Å². The lowest BCUT2D eigenvalue weighted by molar-refractivity contribution is 1.02. The molecule has 1 aromatic rings. The maximum absolute atomic E-state index is 4.27. The van der Waals surface area contributed by atoms with Crippen molar-refractivity contribution in [2.24, 2.45) is 0 Å².